The Morgan fingerprint density at radius 2 is 1.41 bits per heavy atom. The number of urea groups is 1. The Morgan fingerprint density at radius 3 is 2.04 bits per heavy atom. The minimum Gasteiger partial charge on any atom is -0.319 e. The van der Waals surface area contributed by atoms with Crippen molar-refractivity contribution in [3.63, 3.8) is 0 Å². The minimum absolute atomic E-state index is 0.120. The molecule has 3 N–H and O–H groups in total. The van der Waals surface area contributed by atoms with Crippen LogP contribution >= 0.6 is 0 Å². The summed E-state index contributed by atoms with van der Waals surface area (Å²) in [6, 6.07) is 19.6. The Bertz CT molecular complexity index is 957. The number of hydrogen-bond donors (Lipinski definition) is 3. The van der Waals surface area contributed by atoms with Crippen molar-refractivity contribution in [3.05, 3.63) is 89.7 Å². The molecule has 0 saturated heterocycles. The van der Waals surface area contributed by atoms with Crippen LogP contribution in [-0.2, 0) is 0 Å². The molecule has 6 heteroatoms. The van der Waals surface area contributed by atoms with Crippen molar-refractivity contribution >= 4 is 29.0 Å². The van der Waals surface area contributed by atoms with Crippen molar-refractivity contribution < 1.29 is 14.0 Å². The Labute approximate surface area is 156 Å². The predicted octanol–water partition coefficient (Wildman–Crippen LogP) is 5.03. The number of rotatable bonds is 4. The van der Waals surface area contributed by atoms with E-state index < -0.39 is 11.7 Å². The summed E-state index contributed by atoms with van der Waals surface area (Å²) < 4.78 is 13.8. The molecule has 3 aromatic rings. The molecule has 0 aliphatic rings. The van der Waals surface area contributed by atoms with E-state index in [2.05, 4.69) is 16.0 Å². The third kappa shape index (κ3) is 4.92. The summed E-state index contributed by atoms with van der Waals surface area (Å²) in [4.78, 5) is 24.2. The van der Waals surface area contributed by atoms with Crippen molar-refractivity contribution in [2.75, 3.05) is 16.0 Å². The van der Waals surface area contributed by atoms with E-state index in [1.165, 1.54) is 12.1 Å². The van der Waals surface area contributed by atoms with Crippen LogP contribution in [0.2, 0.25) is 0 Å². The van der Waals surface area contributed by atoms with Crippen LogP contribution in [0.25, 0.3) is 0 Å². The van der Waals surface area contributed by atoms with Crippen LogP contribution in [0, 0.1) is 12.7 Å². The van der Waals surface area contributed by atoms with Gasteiger partial charge in [0, 0.05) is 16.9 Å². The molecule has 0 aliphatic carbocycles. The number of benzene rings is 3. The van der Waals surface area contributed by atoms with E-state index in [1.807, 2.05) is 18.2 Å². The van der Waals surface area contributed by atoms with Crippen molar-refractivity contribution in [2.24, 2.45) is 0 Å². The molecule has 0 radical (unpaired) electrons. The quantitative estimate of drug-likeness (QED) is 0.608. The minimum atomic E-state index is -0.487. The standard InChI is InChI=1S/C21H18FN3O2/c1-14-7-12-19(18(22)13-14)25-20(26)15-8-10-17(11-9-15)24-21(27)23-16-5-3-2-4-6-16/h2-13H,1H3,(H,25,26)(H2,23,24,27). The van der Waals surface area contributed by atoms with E-state index in [0.717, 1.165) is 5.56 Å². The molecule has 5 nitrogen and oxygen atoms in total. The lowest BCUT2D eigenvalue weighted by molar-refractivity contribution is 0.102. The molecule has 3 rings (SSSR count). The highest BCUT2D eigenvalue weighted by Gasteiger charge is 2.10. The largest absolute Gasteiger partial charge is 0.323 e. The fourth-order valence-corrected chi connectivity index (χ4v) is 2.44. The van der Waals surface area contributed by atoms with E-state index in [-0.39, 0.29) is 11.7 Å². The van der Waals surface area contributed by atoms with Gasteiger partial charge < -0.3 is 16.0 Å². The van der Waals surface area contributed by atoms with Gasteiger partial charge in [0.25, 0.3) is 5.91 Å². The highest BCUT2D eigenvalue weighted by atomic mass is 19.1. The van der Waals surface area contributed by atoms with Crippen LogP contribution in [0.15, 0.2) is 72.8 Å². The molecular formula is C21H18FN3O2. The molecule has 0 bridgehead atoms. The maximum Gasteiger partial charge on any atom is 0.323 e. The SMILES string of the molecule is Cc1ccc(NC(=O)c2ccc(NC(=O)Nc3ccccc3)cc2)c(F)c1. The van der Waals surface area contributed by atoms with Crippen LogP contribution in [0.4, 0.5) is 26.2 Å². The molecule has 3 aromatic carbocycles. The van der Waals surface area contributed by atoms with E-state index in [4.69, 9.17) is 0 Å². The maximum absolute atomic E-state index is 13.8. The van der Waals surface area contributed by atoms with Crippen molar-refractivity contribution in [1.82, 2.24) is 0 Å². The van der Waals surface area contributed by atoms with Crippen molar-refractivity contribution in [2.45, 2.75) is 6.92 Å². The molecule has 0 heterocycles. The Hall–Kier alpha value is -3.67. The first-order chi connectivity index (χ1) is 13.0. The van der Waals surface area contributed by atoms with Gasteiger partial charge in [-0.25, -0.2) is 9.18 Å². The fourth-order valence-electron chi connectivity index (χ4n) is 2.44. The second-order valence-electron chi connectivity index (χ2n) is 5.96. The fraction of sp³-hybridized carbons (Fsp3) is 0.0476. The summed E-state index contributed by atoms with van der Waals surface area (Å²) in [5.41, 5.74) is 2.45. The van der Waals surface area contributed by atoms with Gasteiger partial charge >= 0.3 is 6.03 Å². The molecule has 3 amide bonds. The Kier molecular flexibility index (Phi) is 5.47. The Balaban J connectivity index is 1.61. The third-order valence-electron chi connectivity index (χ3n) is 3.81. The predicted molar refractivity (Wildman–Crippen MR) is 105 cm³/mol. The first-order valence-corrected chi connectivity index (χ1v) is 8.32. The van der Waals surface area contributed by atoms with Gasteiger partial charge in [0.1, 0.15) is 5.82 Å². The molecule has 136 valence electrons. The van der Waals surface area contributed by atoms with Crippen LogP contribution in [0.3, 0.4) is 0 Å². The molecule has 0 atom stereocenters. The lowest BCUT2D eigenvalue weighted by atomic mass is 10.1. The second-order valence-corrected chi connectivity index (χ2v) is 5.96. The van der Waals surface area contributed by atoms with Gasteiger partial charge in [-0.05, 0) is 61.0 Å². The normalized spacial score (nSPS) is 10.1. The summed E-state index contributed by atoms with van der Waals surface area (Å²) >= 11 is 0. The van der Waals surface area contributed by atoms with E-state index in [9.17, 15) is 14.0 Å². The number of para-hydroxylation sites is 1. The number of amides is 3. The topological polar surface area (TPSA) is 70.2 Å². The van der Waals surface area contributed by atoms with E-state index in [0.29, 0.717) is 16.9 Å². The number of nitrogens with one attached hydrogen (secondary N) is 3. The molecule has 0 saturated carbocycles. The summed E-state index contributed by atoms with van der Waals surface area (Å²) in [6.45, 7) is 1.77. The van der Waals surface area contributed by atoms with Crippen molar-refractivity contribution in [3.8, 4) is 0 Å². The number of carbonyl (C=O) groups excluding carboxylic acids is 2. The summed E-state index contributed by atoms with van der Waals surface area (Å²) in [5.74, 6) is -0.919. The number of carbonyl (C=O) groups is 2. The number of hydrogen-bond acceptors (Lipinski definition) is 2. The molecule has 0 fully saturated rings. The maximum atomic E-state index is 13.8. The smallest absolute Gasteiger partial charge is 0.319 e. The number of aryl methyl sites for hydroxylation is 1. The summed E-state index contributed by atoms with van der Waals surface area (Å²) in [7, 11) is 0. The van der Waals surface area contributed by atoms with Crippen LogP contribution in [0.1, 0.15) is 15.9 Å². The second kappa shape index (κ2) is 8.14. The van der Waals surface area contributed by atoms with E-state index in [1.54, 1.807) is 49.4 Å². The number of halogens is 1. The Morgan fingerprint density at radius 1 is 0.778 bits per heavy atom. The zero-order chi connectivity index (χ0) is 19.2. The van der Waals surface area contributed by atoms with Crippen LogP contribution in [-0.4, -0.2) is 11.9 Å². The summed E-state index contributed by atoms with van der Waals surface area (Å²) in [5, 5.41) is 7.91. The van der Waals surface area contributed by atoms with Gasteiger partial charge in [-0.2, -0.15) is 0 Å². The van der Waals surface area contributed by atoms with Gasteiger partial charge in [-0.1, -0.05) is 24.3 Å². The zero-order valence-corrected chi connectivity index (χ0v) is 14.6. The van der Waals surface area contributed by atoms with Gasteiger partial charge in [0.05, 0.1) is 5.69 Å². The zero-order valence-electron chi connectivity index (χ0n) is 14.6. The molecule has 0 unspecified atom stereocenters. The van der Waals surface area contributed by atoms with Gasteiger partial charge in [0.15, 0.2) is 0 Å². The highest BCUT2D eigenvalue weighted by molar-refractivity contribution is 6.05. The molecule has 0 spiro atoms. The molecule has 0 aromatic heterocycles. The molecule has 27 heavy (non-hydrogen) atoms. The lowest BCUT2D eigenvalue weighted by Gasteiger charge is -2.09. The van der Waals surface area contributed by atoms with Gasteiger partial charge in [0.2, 0.25) is 0 Å². The molecule has 0 aliphatic heterocycles. The van der Waals surface area contributed by atoms with Crippen LogP contribution < -0.4 is 16.0 Å². The average molecular weight is 363 g/mol. The monoisotopic (exact) mass is 363 g/mol. The summed E-state index contributed by atoms with van der Waals surface area (Å²) in [6.07, 6.45) is 0. The highest BCUT2D eigenvalue weighted by Crippen LogP contribution is 2.17. The average Bonchev–Trinajstić information content (AvgIpc) is 2.65. The third-order valence-corrected chi connectivity index (χ3v) is 3.81. The first kappa shape index (κ1) is 18.1. The number of anilines is 3. The van der Waals surface area contributed by atoms with Crippen molar-refractivity contribution in [1.29, 1.82) is 0 Å². The lowest BCUT2D eigenvalue weighted by Crippen LogP contribution is -2.19. The van der Waals surface area contributed by atoms with Gasteiger partial charge in [-0.15, -0.1) is 0 Å². The van der Waals surface area contributed by atoms with Crippen LogP contribution in [0.5, 0.6) is 0 Å². The van der Waals surface area contributed by atoms with E-state index >= 15 is 0 Å². The first-order valence-electron chi connectivity index (χ1n) is 8.32. The molecular weight excluding hydrogens is 345 g/mol. The van der Waals surface area contributed by atoms with Gasteiger partial charge in [-0.3, -0.25) is 4.79 Å².